The molecule has 0 heterocycles. The molecule has 0 saturated carbocycles. The van der Waals surface area contributed by atoms with Gasteiger partial charge in [-0.3, -0.25) is 4.79 Å². The molecule has 350 valence electrons. The van der Waals surface area contributed by atoms with Crippen LogP contribution in [0.1, 0.15) is 303 Å². The van der Waals surface area contributed by atoms with E-state index < -0.39 is 12.1 Å². The van der Waals surface area contributed by atoms with Gasteiger partial charge in [0.05, 0.1) is 18.8 Å². The molecule has 0 saturated heterocycles. The number of aliphatic hydroxyl groups excluding tert-OH is 2. The molecule has 0 aromatic carbocycles. The van der Waals surface area contributed by atoms with Crippen LogP contribution in [0.2, 0.25) is 0 Å². The molecule has 0 aliphatic carbocycles. The third-order valence-electron chi connectivity index (χ3n) is 12.7. The molecule has 0 spiro atoms. The molecule has 0 aliphatic rings. The Morgan fingerprint density at radius 1 is 0.390 bits per heavy atom. The van der Waals surface area contributed by atoms with Crippen molar-refractivity contribution in [1.82, 2.24) is 5.32 Å². The van der Waals surface area contributed by atoms with Crippen molar-refractivity contribution < 1.29 is 15.0 Å². The van der Waals surface area contributed by atoms with Gasteiger partial charge in [0.15, 0.2) is 0 Å². The molecule has 0 aromatic heterocycles. The maximum absolute atomic E-state index is 12.5. The summed E-state index contributed by atoms with van der Waals surface area (Å²) in [7, 11) is 0. The predicted molar refractivity (Wildman–Crippen MR) is 262 cm³/mol. The first-order valence-corrected chi connectivity index (χ1v) is 27.1. The third-order valence-corrected chi connectivity index (χ3v) is 12.7. The summed E-state index contributed by atoms with van der Waals surface area (Å²) in [4.78, 5) is 12.5. The lowest BCUT2D eigenvalue weighted by atomic mass is 10.0. The first-order valence-electron chi connectivity index (χ1n) is 27.1. The van der Waals surface area contributed by atoms with Gasteiger partial charge < -0.3 is 15.5 Å². The van der Waals surface area contributed by atoms with Crippen molar-refractivity contribution in [2.24, 2.45) is 0 Å². The van der Waals surface area contributed by atoms with Gasteiger partial charge in [-0.25, -0.2) is 0 Å². The summed E-state index contributed by atoms with van der Waals surface area (Å²) in [5, 5.41) is 23.1. The van der Waals surface area contributed by atoms with Crippen LogP contribution in [0.3, 0.4) is 0 Å². The number of nitrogens with one attached hydrogen (secondary N) is 1. The Morgan fingerprint density at radius 2 is 0.661 bits per heavy atom. The first-order chi connectivity index (χ1) is 29.2. The lowest BCUT2D eigenvalue weighted by molar-refractivity contribution is -0.123. The van der Waals surface area contributed by atoms with E-state index in [2.05, 4.69) is 31.3 Å². The number of carbonyl (C=O) groups is 1. The fourth-order valence-corrected chi connectivity index (χ4v) is 8.55. The largest absolute Gasteiger partial charge is 0.394 e. The second-order valence-corrected chi connectivity index (χ2v) is 18.7. The molecule has 4 heteroatoms. The zero-order valence-electron chi connectivity index (χ0n) is 40.3. The molecule has 1 amide bonds. The Labute approximate surface area is 370 Å². The quantitative estimate of drug-likeness (QED) is 0.0422. The summed E-state index contributed by atoms with van der Waals surface area (Å²) in [5.74, 6) is -0.0671. The van der Waals surface area contributed by atoms with Crippen molar-refractivity contribution in [1.29, 1.82) is 0 Å². The van der Waals surface area contributed by atoms with Crippen LogP contribution in [-0.4, -0.2) is 34.9 Å². The average molecular weight is 830 g/mol. The SMILES string of the molecule is CCCCCCCCCCCCCCCC/C=C/CC/C=C/C(O)C(CO)NC(=O)CCCCCCCCCCCCCCCCCCCCCCCCCCCCC. The van der Waals surface area contributed by atoms with Crippen LogP contribution in [-0.2, 0) is 4.79 Å². The number of unbranched alkanes of at least 4 members (excludes halogenated alkanes) is 41. The highest BCUT2D eigenvalue weighted by Gasteiger charge is 2.18. The molecule has 2 atom stereocenters. The summed E-state index contributed by atoms with van der Waals surface area (Å²) in [6.07, 6.45) is 67.6. The minimum absolute atomic E-state index is 0.0671. The second kappa shape index (κ2) is 51.2. The van der Waals surface area contributed by atoms with E-state index in [1.165, 1.54) is 250 Å². The van der Waals surface area contributed by atoms with Crippen LogP contribution in [0.15, 0.2) is 24.3 Å². The molecule has 4 nitrogen and oxygen atoms in total. The Morgan fingerprint density at radius 3 is 0.983 bits per heavy atom. The molecular weight excluding hydrogens is 723 g/mol. The fourth-order valence-electron chi connectivity index (χ4n) is 8.55. The van der Waals surface area contributed by atoms with Gasteiger partial charge in [0.1, 0.15) is 0 Å². The smallest absolute Gasteiger partial charge is 0.220 e. The van der Waals surface area contributed by atoms with Gasteiger partial charge in [-0.05, 0) is 32.1 Å². The predicted octanol–water partition coefficient (Wildman–Crippen LogP) is 17.5. The Hall–Kier alpha value is -1.13. The van der Waals surface area contributed by atoms with Gasteiger partial charge in [0, 0.05) is 6.42 Å². The van der Waals surface area contributed by atoms with Gasteiger partial charge >= 0.3 is 0 Å². The van der Waals surface area contributed by atoms with E-state index >= 15 is 0 Å². The molecule has 0 fully saturated rings. The molecule has 3 N–H and O–H groups in total. The Bertz CT molecular complexity index is 855. The van der Waals surface area contributed by atoms with Crippen LogP contribution in [0, 0.1) is 0 Å². The van der Waals surface area contributed by atoms with Crippen molar-refractivity contribution >= 4 is 5.91 Å². The molecule has 0 aliphatic heterocycles. The number of carbonyl (C=O) groups excluding carboxylic acids is 1. The maximum atomic E-state index is 12.5. The second-order valence-electron chi connectivity index (χ2n) is 18.7. The zero-order chi connectivity index (χ0) is 42.8. The van der Waals surface area contributed by atoms with Gasteiger partial charge in [0.25, 0.3) is 0 Å². The van der Waals surface area contributed by atoms with Gasteiger partial charge in [-0.2, -0.15) is 0 Å². The monoisotopic (exact) mass is 830 g/mol. The Kier molecular flexibility index (Phi) is 50.2. The van der Waals surface area contributed by atoms with Crippen LogP contribution in [0.4, 0.5) is 0 Å². The molecule has 2 unspecified atom stereocenters. The van der Waals surface area contributed by atoms with Crippen molar-refractivity contribution in [3.05, 3.63) is 24.3 Å². The van der Waals surface area contributed by atoms with E-state index in [1.54, 1.807) is 6.08 Å². The topological polar surface area (TPSA) is 69.6 Å². The fraction of sp³-hybridized carbons (Fsp3) is 0.909. The van der Waals surface area contributed by atoms with Crippen molar-refractivity contribution in [2.75, 3.05) is 6.61 Å². The number of rotatable bonds is 50. The molecular formula is C55H107NO3. The van der Waals surface area contributed by atoms with E-state index in [1.807, 2.05) is 6.08 Å². The van der Waals surface area contributed by atoms with Crippen molar-refractivity contribution in [2.45, 2.75) is 315 Å². The molecule has 0 radical (unpaired) electrons. The summed E-state index contributed by atoms with van der Waals surface area (Å²) in [5.41, 5.74) is 0. The lowest BCUT2D eigenvalue weighted by Crippen LogP contribution is -2.45. The van der Waals surface area contributed by atoms with E-state index in [9.17, 15) is 15.0 Å². The summed E-state index contributed by atoms with van der Waals surface area (Å²) in [6.45, 7) is 4.33. The van der Waals surface area contributed by atoms with Crippen LogP contribution in [0.25, 0.3) is 0 Å². The van der Waals surface area contributed by atoms with Crippen LogP contribution < -0.4 is 5.32 Å². The van der Waals surface area contributed by atoms with Gasteiger partial charge in [0.2, 0.25) is 5.91 Å². The number of allylic oxidation sites excluding steroid dienone is 3. The highest BCUT2D eigenvalue weighted by molar-refractivity contribution is 5.76. The normalized spacial score (nSPS) is 12.9. The number of hydrogen-bond donors (Lipinski definition) is 3. The first kappa shape index (κ1) is 57.9. The maximum Gasteiger partial charge on any atom is 0.220 e. The highest BCUT2D eigenvalue weighted by atomic mass is 16.3. The lowest BCUT2D eigenvalue weighted by Gasteiger charge is -2.19. The molecule has 0 rings (SSSR count). The summed E-state index contributed by atoms with van der Waals surface area (Å²) >= 11 is 0. The summed E-state index contributed by atoms with van der Waals surface area (Å²) < 4.78 is 0. The Balaban J connectivity index is 3.48. The average Bonchev–Trinajstić information content (AvgIpc) is 3.24. The van der Waals surface area contributed by atoms with Gasteiger partial charge in [-0.15, -0.1) is 0 Å². The van der Waals surface area contributed by atoms with E-state index in [-0.39, 0.29) is 12.5 Å². The van der Waals surface area contributed by atoms with Crippen molar-refractivity contribution in [3.63, 3.8) is 0 Å². The van der Waals surface area contributed by atoms with E-state index in [0.717, 1.165) is 32.1 Å². The highest BCUT2D eigenvalue weighted by Crippen LogP contribution is 2.17. The molecule has 59 heavy (non-hydrogen) atoms. The zero-order valence-corrected chi connectivity index (χ0v) is 40.3. The minimum atomic E-state index is -0.859. The van der Waals surface area contributed by atoms with E-state index in [0.29, 0.717) is 6.42 Å². The van der Waals surface area contributed by atoms with Crippen molar-refractivity contribution in [3.8, 4) is 0 Å². The number of aliphatic hydroxyl groups is 2. The van der Waals surface area contributed by atoms with Gasteiger partial charge in [-0.1, -0.05) is 289 Å². The number of hydrogen-bond acceptors (Lipinski definition) is 3. The number of amides is 1. The van der Waals surface area contributed by atoms with E-state index in [4.69, 9.17) is 0 Å². The standard InChI is InChI=1S/C55H107NO3/c1-3-5-7-9-11-13-15-17-19-21-23-25-26-27-28-29-30-31-33-35-37-39-41-43-45-47-49-51-55(59)56-53(52-57)54(58)50-48-46-44-42-40-38-36-34-32-24-22-20-18-16-14-12-10-8-6-4-2/h40,42,48,50,53-54,57-58H,3-39,41,43-47,49,51-52H2,1-2H3,(H,56,59)/b42-40+,50-48+. The van der Waals surface area contributed by atoms with Crippen LogP contribution in [0.5, 0.6) is 0 Å². The molecule has 0 aromatic rings. The van der Waals surface area contributed by atoms with Crippen LogP contribution >= 0.6 is 0 Å². The molecule has 0 bridgehead atoms. The summed E-state index contributed by atoms with van der Waals surface area (Å²) in [6, 6.07) is -0.636. The minimum Gasteiger partial charge on any atom is -0.394 e. The third kappa shape index (κ3) is 47.8.